The number of carbonyl (C=O) groups excluding carboxylic acids is 2. The van der Waals surface area contributed by atoms with Crippen molar-refractivity contribution in [3.63, 3.8) is 0 Å². The summed E-state index contributed by atoms with van der Waals surface area (Å²) in [5, 5.41) is 3.04. The molecule has 1 aliphatic heterocycles. The zero-order valence-corrected chi connectivity index (χ0v) is 13.9. The third-order valence-electron chi connectivity index (χ3n) is 3.52. The Labute approximate surface area is 127 Å². The van der Waals surface area contributed by atoms with Gasteiger partial charge in [-0.15, -0.1) is 0 Å². The van der Waals surface area contributed by atoms with E-state index < -0.39 is 5.60 Å². The first-order chi connectivity index (χ1) is 9.76. The number of piperidine rings is 1. The van der Waals surface area contributed by atoms with Crippen molar-refractivity contribution in [1.29, 1.82) is 0 Å². The minimum atomic E-state index is -0.467. The zero-order chi connectivity index (χ0) is 16.0. The van der Waals surface area contributed by atoms with Crippen LogP contribution in [0.2, 0.25) is 0 Å². The van der Waals surface area contributed by atoms with Crippen molar-refractivity contribution in [1.82, 2.24) is 15.1 Å². The van der Waals surface area contributed by atoms with Crippen LogP contribution in [0.3, 0.4) is 0 Å². The maximum absolute atomic E-state index is 12.0. The van der Waals surface area contributed by atoms with Crippen LogP contribution in [0.1, 0.15) is 47.5 Å². The van der Waals surface area contributed by atoms with E-state index in [1.807, 2.05) is 34.6 Å². The molecule has 6 heteroatoms. The Kier molecular flexibility index (Phi) is 6.30. The van der Waals surface area contributed by atoms with Gasteiger partial charge in [-0.25, -0.2) is 9.59 Å². The minimum Gasteiger partial charge on any atom is -0.444 e. The summed E-state index contributed by atoms with van der Waals surface area (Å²) in [6, 6.07) is 0.118. The van der Waals surface area contributed by atoms with Crippen LogP contribution in [0.4, 0.5) is 9.59 Å². The molecule has 1 fully saturated rings. The molecule has 0 bridgehead atoms. The van der Waals surface area contributed by atoms with Gasteiger partial charge in [-0.3, -0.25) is 0 Å². The van der Waals surface area contributed by atoms with Crippen molar-refractivity contribution < 1.29 is 14.3 Å². The quantitative estimate of drug-likeness (QED) is 0.870. The normalized spacial score (nSPS) is 16.5. The molecule has 0 aromatic rings. The van der Waals surface area contributed by atoms with Crippen molar-refractivity contribution in [3.05, 3.63) is 0 Å². The van der Waals surface area contributed by atoms with E-state index in [1.54, 1.807) is 9.80 Å². The van der Waals surface area contributed by atoms with Crippen LogP contribution in [0, 0.1) is 0 Å². The molecule has 0 aromatic heterocycles. The molecule has 0 radical (unpaired) electrons. The van der Waals surface area contributed by atoms with Gasteiger partial charge in [0.15, 0.2) is 0 Å². The molecule has 1 saturated heterocycles. The highest BCUT2D eigenvalue weighted by Crippen LogP contribution is 2.15. The average molecular weight is 299 g/mol. The SMILES string of the molecule is CCN(CC)C(=O)NC1CCN(C(=O)OC(C)(C)C)CC1. The maximum atomic E-state index is 12.0. The molecule has 0 aliphatic carbocycles. The summed E-state index contributed by atoms with van der Waals surface area (Å²) < 4.78 is 5.36. The third-order valence-corrected chi connectivity index (χ3v) is 3.52. The predicted octanol–water partition coefficient (Wildman–Crippen LogP) is 2.44. The van der Waals surface area contributed by atoms with Crippen molar-refractivity contribution in [2.24, 2.45) is 0 Å². The summed E-state index contributed by atoms with van der Waals surface area (Å²) in [6.07, 6.45) is 1.27. The fraction of sp³-hybridized carbons (Fsp3) is 0.867. The van der Waals surface area contributed by atoms with E-state index in [2.05, 4.69) is 5.32 Å². The lowest BCUT2D eigenvalue weighted by Gasteiger charge is -2.34. The van der Waals surface area contributed by atoms with Crippen LogP contribution in [-0.4, -0.2) is 59.7 Å². The number of urea groups is 1. The van der Waals surface area contributed by atoms with Gasteiger partial charge in [0.1, 0.15) is 5.60 Å². The number of amides is 3. The van der Waals surface area contributed by atoms with Crippen LogP contribution in [0.15, 0.2) is 0 Å². The number of nitrogens with zero attached hydrogens (tertiary/aromatic N) is 2. The van der Waals surface area contributed by atoms with Gasteiger partial charge in [0.2, 0.25) is 0 Å². The number of hydrogen-bond donors (Lipinski definition) is 1. The second-order valence-corrected chi connectivity index (χ2v) is 6.36. The monoisotopic (exact) mass is 299 g/mol. The summed E-state index contributed by atoms with van der Waals surface area (Å²) in [5.74, 6) is 0. The molecule has 0 saturated carbocycles. The molecule has 1 aliphatic rings. The Bertz CT molecular complexity index is 354. The molecule has 1 N–H and O–H groups in total. The van der Waals surface area contributed by atoms with Crippen molar-refractivity contribution in [3.8, 4) is 0 Å². The van der Waals surface area contributed by atoms with E-state index in [4.69, 9.17) is 4.74 Å². The standard InChI is InChI=1S/C15H29N3O3/c1-6-17(7-2)13(19)16-12-8-10-18(11-9-12)14(20)21-15(3,4)5/h12H,6-11H2,1-5H3,(H,16,19). The summed E-state index contributed by atoms with van der Waals surface area (Å²) in [7, 11) is 0. The first-order valence-corrected chi connectivity index (χ1v) is 7.80. The first-order valence-electron chi connectivity index (χ1n) is 7.80. The largest absolute Gasteiger partial charge is 0.444 e. The molecule has 6 nitrogen and oxygen atoms in total. The Hall–Kier alpha value is -1.46. The van der Waals surface area contributed by atoms with Crippen LogP contribution in [0.5, 0.6) is 0 Å². The second-order valence-electron chi connectivity index (χ2n) is 6.36. The van der Waals surface area contributed by atoms with Crippen molar-refractivity contribution >= 4 is 12.1 Å². The predicted molar refractivity (Wildman–Crippen MR) is 82.3 cm³/mol. The number of rotatable bonds is 3. The third kappa shape index (κ3) is 5.81. The van der Waals surface area contributed by atoms with E-state index in [0.29, 0.717) is 26.2 Å². The average Bonchev–Trinajstić information content (AvgIpc) is 2.39. The number of likely N-dealkylation sites (tertiary alicyclic amines) is 1. The van der Waals surface area contributed by atoms with Gasteiger partial charge in [-0.05, 0) is 47.5 Å². The smallest absolute Gasteiger partial charge is 0.410 e. The van der Waals surface area contributed by atoms with Gasteiger partial charge >= 0.3 is 12.1 Å². The van der Waals surface area contributed by atoms with Gasteiger partial charge in [0.05, 0.1) is 0 Å². The second kappa shape index (κ2) is 7.52. The van der Waals surface area contributed by atoms with Gasteiger partial charge in [0, 0.05) is 32.2 Å². The van der Waals surface area contributed by atoms with Gasteiger partial charge < -0.3 is 19.9 Å². The molecule has 0 spiro atoms. The number of hydrogen-bond acceptors (Lipinski definition) is 3. The van der Waals surface area contributed by atoms with Crippen LogP contribution in [-0.2, 0) is 4.74 Å². The van der Waals surface area contributed by atoms with E-state index in [0.717, 1.165) is 12.8 Å². The van der Waals surface area contributed by atoms with Crippen LogP contribution < -0.4 is 5.32 Å². The first kappa shape index (κ1) is 17.6. The van der Waals surface area contributed by atoms with Gasteiger partial charge in [0.25, 0.3) is 0 Å². The Morgan fingerprint density at radius 3 is 2.14 bits per heavy atom. The van der Waals surface area contributed by atoms with Crippen molar-refractivity contribution in [2.75, 3.05) is 26.2 Å². The topological polar surface area (TPSA) is 61.9 Å². The highest BCUT2D eigenvalue weighted by atomic mass is 16.6. The Morgan fingerprint density at radius 1 is 1.19 bits per heavy atom. The molecular weight excluding hydrogens is 270 g/mol. The van der Waals surface area contributed by atoms with Gasteiger partial charge in [-0.1, -0.05) is 0 Å². The number of nitrogens with one attached hydrogen (secondary N) is 1. The minimum absolute atomic E-state index is 0.0179. The molecular formula is C15H29N3O3. The fourth-order valence-corrected chi connectivity index (χ4v) is 2.31. The Morgan fingerprint density at radius 2 is 1.71 bits per heavy atom. The zero-order valence-electron chi connectivity index (χ0n) is 13.9. The fourth-order valence-electron chi connectivity index (χ4n) is 2.31. The molecule has 3 amide bonds. The van der Waals surface area contributed by atoms with Crippen LogP contribution >= 0.6 is 0 Å². The lowest BCUT2D eigenvalue weighted by molar-refractivity contribution is 0.0200. The molecule has 0 unspecified atom stereocenters. The number of carbonyl (C=O) groups is 2. The lowest BCUT2D eigenvalue weighted by Crippen LogP contribution is -2.50. The summed E-state index contributed by atoms with van der Waals surface area (Å²) >= 11 is 0. The summed E-state index contributed by atoms with van der Waals surface area (Å²) in [4.78, 5) is 27.4. The molecule has 0 aromatic carbocycles. The van der Waals surface area contributed by atoms with Gasteiger partial charge in [-0.2, -0.15) is 0 Å². The van der Waals surface area contributed by atoms with E-state index >= 15 is 0 Å². The molecule has 21 heavy (non-hydrogen) atoms. The van der Waals surface area contributed by atoms with E-state index in [-0.39, 0.29) is 18.2 Å². The maximum Gasteiger partial charge on any atom is 0.410 e. The van der Waals surface area contributed by atoms with Crippen molar-refractivity contribution in [2.45, 2.75) is 59.1 Å². The molecule has 1 heterocycles. The lowest BCUT2D eigenvalue weighted by atomic mass is 10.1. The highest BCUT2D eigenvalue weighted by molar-refractivity contribution is 5.74. The summed E-state index contributed by atoms with van der Waals surface area (Å²) in [6.45, 7) is 12.2. The summed E-state index contributed by atoms with van der Waals surface area (Å²) in [5.41, 5.74) is -0.467. The Balaban J connectivity index is 2.39. The highest BCUT2D eigenvalue weighted by Gasteiger charge is 2.27. The molecule has 0 atom stereocenters. The van der Waals surface area contributed by atoms with Crippen LogP contribution in [0.25, 0.3) is 0 Å². The molecule has 122 valence electrons. The van der Waals surface area contributed by atoms with E-state index in [9.17, 15) is 9.59 Å². The van der Waals surface area contributed by atoms with E-state index in [1.165, 1.54) is 0 Å². The number of ether oxygens (including phenoxy) is 1. The molecule has 1 rings (SSSR count).